The Morgan fingerprint density at radius 2 is 2.00 bits per heavy atom. The first kappa shape index (κ1) is 16.7. The highest BCUT2D eigenvalue weighted by atomic mass is 15.4. The number of hydrogen-bond donors (Lipinski definition) is 0. The molecule has 4 heterocycles. The number of rotatable bonds is 4. The van der Waals surface area contributed by atoms with Gasteiger partial charge in [-0.25, -0.2) is 9.67 Å². The van der Waals surface area contributed by atoms with Gasteiger partial charge in [-0.1, -0.05) is 6.92 Å². The highest BCUT2D eigenvalue weighted by Crippen LogP contribution is 2.21. The van der Waals surface area contributed by atoms with Gasteiger partial charge in [-0.2, -0.15) is 5.10 Å². The molecule has 2 aromatic rings. The summed E-state index contributed by atoms with van der Waals surface area (Å²) >= 11 is 0. The van der Waals surface area contributed by atoms with Crippen molar-refractivity contribution in [3.05, 3.63) is 30.4 Å². The molecule has 0 atom stereocenters. The van der Waals surface area contributed by atoms with E-state index in [-0.39, 0.29) is 0 Å². The normalized spacial score (nSPS) is 20.4. The zero-order valence-electron chi connectivity index (χ0n) is 15.1. The van der Waals surface area contributed by atoms with E-state index >= 15 is 0 Å². The summed E-state index contributed by atoms with van der Waals surface area (Å²) in [5, 5.41) is 4.73. The minimum atomic E-state index is 0.732. The van der Waals surface area contributed by atoms with E-state index < -0.39 is 0 Å². The second-order valence-electron chi connectivity index (χ2n) is 7.18. The fourth-order valence-electron chi connectivity index (χ4n) is 4.12. The van der Waals surface area contributed by atoms with Gasteiger partial charge in [-0.05, 0) is 51.0 Å². The maximum absolute atomic E-state index is 4.77. The summed E-state index contributed by atoms with van der Waals surface area (Å²) in [4.78, 5) is 14.2. The van der Waals surface area contributed by atoms with E-state index in [1.54, 1.807) is 6.20 Å². The molecule has 0 radical (unpaired) electrons. The molecular formula is C19H28N6. The summed E-state index contributed by atoms with van der Waals surface area (Å²) < 4.78 is 2.11. The molecule has 2 aromatic heterocycles. The lowest BCUT2D eigenvalue weighted by Gasteiger charge is -2.37. The molecule has 2 aliphatic heterocycles. The van der Waals surface area contributed by atoms with Crippen molar-refractivity contribution in [3.63, 3.8) is 0 Å². The first-order chi connectivity index (χ1) is 12.3. The van der Waals surface area contributed by atoms with E-state index in [1.807, 2.05) is 18.3 Å². The van der Waals surface area contributed by atoms with Crippen LogP contribution in [0.5, 0.6) is 0 Å². The molecule has 0 unspecified atom stereocenters. The van der Waals surface area contributed by atoms with Gasteiger partial charge in [0.05, 0.1) is 6.54 Å². The molecule has 0 N–H and O–H groups in total. The largest absolute Gasteiger partial charge is 0.303 e. The average molecular weight is 340 g/mol. The first-order valence-corrected chi connectivity index (χ1v) is 9.64. The van der Waals surface area contributed by atoms with Crippen LogP contribution in [-0.2, 0) is 13.0 Å². The van der Waals surface area contributed by atoms with Crippen LogP contribution in [0.15, 0.2) is 24.5 Å². The van der Waals surface area contributed by atoms with E-state index in [4.69, 9.17) is 10.1 Å². The molecule has 134 valence electrons. The van der Waals surface area contributed by atoms with E-state index in [0.717, 1.165) is 49.3 Å². The Hall–Kier alpha value is -1.79. The molecule has 25 heavy (non-hydrogen) atoms. The summed E-state index contributed by atoms with van der Waals surface area (Å²) in [6, 6.07) is 4.70. The molecule has 6 nitrogen and oxygen atoms in total. The molecule has 0 aliphatic carbocycles. The third kappa shape index (κ3) is 3.75. The predicted molar refractivity (Wildman–Crippen MR) is 98.3 cm³/mol. The quantitative estimate of drug-likeness (QED) is 0.853. The molecule has 2 aliphatic rings. The summed E-state index contributed by atoms with van der Waals surface area (Å²) in [7, 11) is 0. The molecule has 0 aromatic carbocycles. The predicted octanol–water partition coefficient (Wildman–Crippen LogP) is 2.07. The van der Waals surface area contributed by atoms with Crippen molar-refractivity contribution in [2.75, 3.05) is 32.7 Å². The molecule has 6 heteroatoms. The smallest absolute Gasteiger partial charge is 0.182 e. The topological polar surface area (TPSA) is 50.1 Å². The number of fused-ring (bicyclic) bond motifs is 1. The average Bonchev–Trinajstić information content (AvgIpc) is 2.97. The van der Waals surface area contributed by atoms with Gasteiger partial charge < -0.3 is 4.90 Å². The summed E-state index contributed by atoms with van der Waals surface area (Å²) in [6.07, 6.45) is 8.48. The van der Waals surface area contributed by atoms with Crippen LogP contribution in [0.3, 0.4) is 0 Å². The van der Waals surface area contributed by atoms with Crippen LogP contribution < -0.4 is 0 Å². The van der Waals surface area contributed by atoms with Crippen LogP contribution in [0.25, 0.3) is 11.4 Å². The fourth-order valence-corrected chi connectivity index (χ4v) is 4.12. The van der Waals surface area contributed by atoms with E-state index in [0.29, 0.717) is 0 Å². The van der Waals surface area contributed by atoms with E-state index in [2.05, 4.69) is 26.4 Å². The van der Waals surface area contributed by atoms with Crippen LogP contribution in [0.4, 0.5) is 0 Å². The summed E-state index contributed by atoms with van der Waals surface area (Å²) in [6.45, 7) is 9.16. The fraction of sp³-hybridized carbons (Fsp3) is 0.632. The number of pyridine rings is 1. The van der Waals surface area contributed by atoms with Gasteiger partial charge >= 0.3 is 0 Å². The van der Waals surface area contributed by atoms with Crippen molar-refractivity contribution in [2.24, 2.45) is 0 Å². The van der Waals surface area contributed by atoms with Gasteiger partial charge in [0.2, 0.25) is 0 Å². The minimum absolute atomic E-state index is 0.732. The summed E-state index contributed by atoms with van der Waals surface area (Å²) in [5.41, 5.74) is 1.00. The second-order valence-corrected chi connectivity index (χ2v) is 7.18. The Morgan fingerprint density at radius 1 is 1.12 bits per heavy atom. The molecule has 0 amide bonds. The summed E-state index contributed by atoms with van der Waals surface area (Å²) in [5.74, 6) is 1.93. The number of piperidine rings is 1. The molecule has 4 rings (SSSR count). The SMILES string of the molecule is CCCN1CCC(N2CCc3nc(-c4cccnc4)nn3CC2)CC1. The van der Waals surface area contributed by atoms with Crippen molar-refractivity contribution in [1.29, 1.82) is 0 Å². The maximum Gasteiger partial charge on any atom is 0.182 e. The third-order valence-corrected chi connectivity index (χ3v) is 5.50. The maximum atomic E-state index is 4.77. The molecule has 0 saturated carbocycles. The zero-order valence-corrected chi connectivity index (χ0v) is 15.1. The van der Waals surface area contributed by atoms with Crippen molar-refractivity contribution >= 4 is 0 Å². The van der Waals surface area contributed by atoms with Gasteiger partial charge in [0, 0.05) is 43.5 Å². The lowest BCUT2D eigenvalue weighted by Crippen LogP contribution is -2.46. The van der Waals surface area contributed by atoms with Crippen LogP contribution in [0, 0.1) is 0 Å². The van der Waals surface area contributed by atoms with Crippen LogP contribution in [0.1, 0.15) is 32.0 Å². The van der Waals surface area contributed by atoms with E-state index in [1.165, 1.54) is 38.9 Å². The van der Waals surface area contributed by atoms with Gasteiger partial charge in [0.15, 0.2) is 5.82 Å². The Kier molecular flexibility index (Phi) is 5.08. The van der Waals surface area contributed by atoms with E-state index in [9.17, 15) is 0 Å². The lowest BCUT2D eigenvalue weighted by molar-refractivity contribution is 0.109. The number of hydrogen-bond acceptors (Lipinski definition) is 5. The second kappa shape index (κ2) is 7.62. The number of nitrogens with zero attached hydrogens (tertiary/aromatic N) is 6. The highest BCUT2D eigenvalue weighted by molar-refractivity contribution is 5.52. The molecular weight excluding hydrogens is 312 g/mol. The van der Waals surface area contributed by atoms with Gasteiger partial charge in [-0.3, -0.25) is 9.88 Å². The Bertz CT molecular complexity index is 649. The molecule has 1 saturated heterocycles. The van der Waals surface area contributed by atoms with Gasteiger partial charge in [-0.15, -0.1) is 0 Å². The molecule has 0 bridgehead atoms. The van der Waals surface area contributed by atoms with Crippen molar-refractivity contribution < 1.29 is 0 Å². The van der Waals surface area contributed by atoms with Crippen molar-refractivity contribution in [1.82, 2.24) is 29.5 Å². The minimum Gasteiger partial charge on any atom is -0.303 e. The standard InChI is InChI=1S/C19H28N6/c1-2-9-23-10-5-17(6-11-23)24-12-7-18-21-19(22-25(18)14-13-24)16-4-3-8-20-15-16/h3-4,8,15,17H,2,5-7,9-14H2,1H3. The third-order valence-electron chi connectivity index (χ3n) is 5.50. The molecule has 1 fully saturated rings. The van der Waals surface area contributed by atoms with Crippen LogP contribution in [0.2, 0.25) is 0 Å². The lowest BCUT2D eigenvalue weighted by atomic mass is 10.0. The number of aromatic nitrogens is 4. The van der Waals surface area contributed by atoms with Gasteiger partial charge in [0.1, 0.15) is 5.82 Å². The highest BCUT2D eigenvalue weighted by Gasteiger charge is 2.26. The Morgan fingerprint density at radius 3 is 2.76 bits per heavy atom. The monoisotopic (exact) mass is 340 g/mol. The van der Waals surface area contributed by atoms with Crippen molar-refractivity contribution in [2.45, 2.75) is 45.2 Å². The number of likely N-dealkylation sites (tertiary alicyclic amines) is 1. The first-order valence-electron chi connectivity index (χ1n) is 9.64. The van der Waals surface area contributed by atoms with Crippen LogP contribution in [-0.4, -0.2) is 68.3 Å². The van der Waals surface area contributed by atoms with Crippen molar-refractivity contribution in [3.8, 4) is 11.4 Å². The molecule has 0 spiro atoms. The van der Waals surface area contributed by atoms with Crippen LogP contribution >= 0.6 is 0 Å². The van der Waals surface area contributed by atoms with Gasteiger partial charge in [0.25, 0.3) is 0 Å². The zero-order chi connectivity index (χ0) is 17.1. The Labute approximate surface area is 149 Å². The Balaban J connectivity index is 1.38.